The molecule has 2 atom stereocenters. The molecule has 1 aliphatic carbocycles. The predicted molar refractivity (Wildman–Crippen MR) is 53.9 cm³/mol. The Labute approximate surface area is 85.1 Å². The third-order valence-corrected chi connectivity index (χ3v) is 3.89. The normalized spacial score (nSPS) is 36.6. The minimum Gasteiger partial charge on any atom is -0.341 e. The number of nitrogens with zero attached hydrogens (tertiary/aromatic N) is 2. The predicted octanol–water partition coefficient (Wildman–Crippen LogP) is 0.560. The van der Waals surface area contributed by atoms with Crippen molar-refractivity contribution in [3.05, 3.63) is 0 Å². The standard InChI is InChI=1S/C11H18N2O/c14-11-10-7-9(10)8-13(11)6-5-12-3-1-2-4-12/h9-10H,1-8H2. The number of amides is 1. The van der Waals surface area contributed by atoms with Crippen LogP contribution in [0.2, 0.25) is 0 Å². The third kappa shape index (κ3) is 1.44. The molecule has 1 amide bonds. The average Bonchev–Trinajstić information content (AvgIpc) is 2.64. The molecule has 3 rings (SSSR count). The minimum atomic E-state index is 0.438. The van der Waals surface area contributed by atoms with Crippen molar-refractivity contribution in [2.45, 2.75) is 19.3 Å². The summed E-state index contributed by atoms with van der Waals surface area (Å²) in [5.41, 5.74) is 0. The van der Waals surface area contributed by atoms with Gasteiger partial charge in [-0.05, 0) is 38.3 Å². The van der Waals surface area contributed by atoms with Crippen LogP contribution in [0, 0.1) is 11.8 Å². The van der Waals surface area contributed by atoms with Gasteiger partial charge in [0, 0.05) is 25.6 Å². The van der Waals surface area contributed by atoms with Gasteiger partial charge in [0.2, 0.25) is 5.91 Å². The summed E-state index contributed by atoms with van der Waals surface area (Å²) in [4.78, 5) is 16.2. The van der Waals surface area contributed by atoms with Gasteiger partial charge in [0.15, 0.2) is 0 Å². The zero-order valence-corrected chi connectivity index (χ0v) is 8.61. The molecule has 78 valence electrons. The van der Waals surface area contributed by atoms with E-state index >= 15 is 0 Å². The second kappa shape index (κ2) is 3.23. The molecular formula is C11H18N2O. The Bertz CT molecular complexity index is 248. The number of carbonyl (C=O) groups excluding carboxylic acids is 1. The molecule has 0 spiro atoms. The summed E-state index contributed by atoms with van der Waals surface area (Å²) in [6, 6.07) is 0. The molecule has 0 radical (unpaired) electrons. The molecule has 3 aliphatic rings. The van der Waals surface area contributed by atoms with Gasteiger partial charge >= 0.3 is 0 Å². The summed E-state index contributed by atoms with van der Waals surface area (Å²) in [6.07, 6.45) is 3.87. The van der Waals surface area contributed by atoms with E-state index in [1.54, 1.807) is 0 Å². The van der Waals surface area contributed by atoms with Gasteiger partial charge in [0.05, 0.1) is 0 Å². The zero-order valence-electron chi connectivity index (χ0n) is 8.61. The van der Waals surface area contributed by atoms with Crippen molar-refractivity contribution in [3.8, 4) is 0 Å². The smallest absolute Gasteiger partial charge is 0.226 e. The van der Waals surface area contributed by atoms with Crippen LogP contribution in [-0.2, 0) is 4.79 Å². The summed E-state index contributed by atoms with van der Waals surface area (Å²) in [5.74, 6) is 1.61. The van der Waals surface area contributed by atoms with Crippen LogP contribution >= 0.6 is 0 Å². The van der Waals surface area contributed by atoms with E-state index in [9.17, 15) is 4.79 Å². The summed E-state index contributed by atoms with van der Waals surface area (Å²) < 4.78 is 0. The first kappa shape index (κ1) is 8.72. The molecule has 0 aromatic rings. The van der Waals surface area contributed by atoms with Crippen LogP contribution in [0.4, 0.5) is 0 Å². The van der Waals surface area contributed by atoms with Gasteiger partial charge in [-0.3, -0.25) is 4.79 Å². The number of fused-ring (bicyclic) bond motifs is 1. The molecule has 3 fully saturated rings. The van der Waals surface area contributed by atoms with Crippen LogP contribution in [0.1, 0.15) is 19.3 Å². The Kier molecular flexibility index (Phi) is 2.01. The molecule has 1 saturated carbocycles. The summed E-state index contributed by atoms with van der Waals surface area (Å²) >= 11 is 0. The van der Waals surface area contributed by atoms with Crippen molar-refractivity contribution in [3.63, 3.8) is 0 Å². The van der Waals surface area contributed by atoms with Crippen LogP contribution in [0.25, 0.3) is 0 Å². The fraction of sp³-hybridized carbons (Fsp3) is 0.909. The lowest BCUT2D eigenvalue weighted by molar-refractivity contribution is -0.130. The zero-order chi connectivity index (χ0) is 9.54. The van der Waals surface area contributed by atoms with E-state index in [-0.39, 0.29) is 0 Å². The number of carbonyl (C=O) groups is 1. The molecule has 0 bridgehead atoms. The number of piperidine rings is 1. The second-order valence-electron chi connectivity index (χ2n) is 4.94. The highest BCUT2D eigenvalue weighted by atomic mass is 16.2. The van der Waals surface area contributed by atoms with Crippen molar-refractivity contribution in [2.24, 2.45) is 11.8 Å². The molecule has 3 nitrogen and oxygen atoms in total. The molecule has 0 aromatic heterocycles. The van der Waals surface area contributed by atoms with Crippen LogP contribution in [0.15, 0.2) is 0 Å². The Morgan fingerprint density at radius 3 is 2.64 bits per heavy atom. The van der Waals surface area contributed by atoms with Crippen LogP contribution < -0.4 is 0 Å². The third-order valence-electron chi connectivity index (χ3n) is 3.89. The van der Waals surface area contributed by atoms with E-state index in [2.05, 4.69) is 9.80 Å². The van der Waals surface area contributed by atoms with Crippen LogP contribution in [0.3, 0.4) is 0 Å². The molecule has 2 heterocycles. The Balaban J connectivity index is 1.46. The molecule has 2 saturated heterocycles. The SMILES string of the molecule is O=C1C2CC2CN1CCN1CCCC1. The van der Waals surface area contributed by atoms with E-state index in [0.29, 0.717) is 11.8 Å². The summed E-state index contributed by atoms with van der Waals surface area (Å²) in [6.45, 7) is 5.62. The maximum absolute atomic E-state index is 11.7. The van der Waals surface area contributed by atoms with E-state index in [4.69, 9.17) is 0 Å². The Hall–Kier alpha value is -0.570. The van der Waals surface area contributed by atoms with Gasteiger partial charge in [0.1, 0.15) is 0 Å². The fourth-order valence-corrected chi connectivity index (χ4v) is 2.83. The average molecular weight is 194 g/mol. The highest BCUT2D eigenvalue weighted by Gasteiger charge is 2.51. The minimum absolute atomic E-state index is 0.438. The Morgan fingerprint density at radius 1 is 1.21 bits per heavy atom. The first-order chi connectivity index (χ1) is 6.84. The van der Waals surface area contributed by atoms with Crippen molar-refractivity contribution < 1.29 is 4.79 Å². The lowest BCUT2D eigenvalue weighted by Gasteiger charge is -2.22. The first-order valence-electron chi connectivity index (χ1n) is 5.86. The second-order valence-corrected chi connectivity index (χ2v) is 4.94. The van der Waals surface area contributed by atoms with E-state index in [1.165, 1.54) is 32.4 Å². The molecule has 2 aliphatic heterocycles. The molecular weight excluding hydrogens is 176 g/mol. The van der Waals surface area contributed by atoms with E-state index in [0.717, 1.165) is 25.6 Å². The van der Waals surface area contributed by atoms with Crippen molar-refractivity contribution >= 4 is 5.91 Å². The molecule has 14 heavy (non-hydrogen) atoms. The molecule has 0 aromatic carbocycles. The van der Waals surface area contributed by atoms with Gasteiger partial charge in [-0.25, -0.2) is 0 Å². The van der Waals surface area contributed by atoms with Gasteiger partial charge in [0.25, 0.3) is 0 Å². The Morgan fingerprint density at radius 2 is 2.00 bits per heavy atom. The maximum Gasteiger partial charge on any atom is 0.226 e. The fourth-order valence-electron chi connectivity index (χ4n) is 2.83. The van der Waals surface area contributed by atoms with Crippen molar-refractivity contribution in [2.75, 3.05) is 32.7 Å². The summed E-state index contributed by atoms with van der Waals surface area (Å²) in [7, 11) is 0. The van der Waals surface area contributed by atoms with Crippen molar-refractivity contribution in [1.82, 2.24) is 9.80 Å². The van der Waals surface area contributed by atoms with Crippen LogP contribution in [0.5, 0.6) is 0 Å². The maximum atomic E-state index is 11.7. The number of hydrogen-bond donors (Lipinski definition) is 0. The lowest BCUT2D eigenvalue weighted by atomic mass is 10.4. The van der Waals surface area contributed by atoms with Crippen molar-refractivity contribution in [1.29, 1.82) is 0 Å². The van der Waals surface area contributed by atoms with E-state index < -0.39 is 0 Å². The number of likely N-dealkylation sites (tertiary alicyclic amines) is 2. The monoisotopic (exact) mass is 194 g/mol. The number of hydrogen-bond acceptors (Lipinski definition) is 2. The van der Waals surface area contributed by atoms with Gasteiger partial charge < -0.3 is 9.80 Å². The van der Waals surface area contributed by atoms with E-state index in [1.807, 2.05) is 0 Å². The molecule has 2 unspecified atom stereocenters. The quantitative estimate of drug-likeness (QED) is 0.655. The first-order valence-corrected chi connectivity index (χ1v) is 5.86. The van der Waals surface area contributed by atoms with Gasteiger partial charge in [-0.1, -0.05) is 0 Å². The largest absolute Gasteiger partial charge is 0.341 e. The summed E-state index contributed by atoms with van der Waals surface area (Å²) in [5, 5.41) is 0. The molecule has 0 N–H and O–H groups in total. The van der Waals surface area contributed by atoms with Crippen LogP contribution in [-0.4, -0.2) is 48.4 Å². The topological polar surface area (TPSA) is 23.6 Å². The molecule has 3 heteroatoms. The lowest BCUT2D eigenvalue weighted by Crippen LogP contribution is -2.36. The highest BCUT2D eigenvalue weighted by Crippen LogP contribution is 2.45. The highest BCUT2D eigenvalue weighted by molar-refractivity contribution is 5.84. The number of rotatable bonds is 3. The van der Waals surface area contributed by atoms with Gasteiger partial charge in [-0.2, -0.15) is 0 Å². The van der Waals surface area contributed by atoms with Gasteiger partial charge in [-0.15, -0.1) is 0 Å².